The summed E-state index contributed by atoms with van der Waals surface area (Å²) in [5.41, 5.74) is 1.92. The van der Waals surface area contributed by atoms with E-state index < -0.39 is 0 Å². The van der Waals surface area contributed by atoms with Gasteiger partial charge in [-0.1, -0.05) is 12.1 Å². The van der Waals surface area contributed by atoms with Crippen LogP contribution in [0.4, 0.5) is 0 Å². The number of benzene rings is 2. The van der Waals surface area contributed by atoms with Crippen molar-refractivity contribution in [2.75, 3.05) is 20.0 Å². The normalized spacial score (nSPS) is 29.8. The van der Waals surface area contributed by atoms with Crippen molar-refractivity contribution in [2.24, 2.45) is 11.8 Å². The van der Waals surface area contributed by atoms with Crippen molar-refractivity contribution < 1.29 is 29.2 Å². The number of hydrogen-bond donors (Lipinski definition) is 2. The first-order valence-corrected chi connectivity index (χ1v) is 8.35. The van der Waals surface area contributed by atoms with E-state index in [1.54, 1.807) is 12.1 Å². The Morgan fingerprint density at radius 3 is 2.08 bits per heavy atom. The lowest BCUT2D eigenvalue weighted by atomic mass is 9.85. The largest absolute Gasteiger partial charge is 0.504 e. The molecule has 2 fully saturated rings. The summed E-state index contributed by atoms with van der Waals surface area (Å²) in [5, 5.41) is 19.3. The molecule has 5 rings (SSSR count). The number of phenolic OH excluding ortho intramolecular Hbond substituents is 2. The predicted octanol–water partition coefficient (Wildman–Crippen LogP) is 2.90. The standard InChI is InChI=1S/C19H18O6/c20-14-3-1-10(5-15(14)21)18-12-7-23-19(13(12)8-22-18)11-2-4-16-17(6-11)25-9-24-16/h1-6,12-13,18-21H,7-9H2/t12?,13?,18-,19-/m1/s1. The van der Waals surface area contributed by atoms with Crippen molar-refractivity contribution in [1.29, 1.82) is 0 Å². The molecule has 0 aromatic heterocycles. The molecule has 0 radical (unpaired) electrons. The van der Waals surface area contributed by atoms with Crippen LogP contribution in [0.5, 0.6) is 23.0 Å². The van der Waals surface area contributed by atoms with Crippen molar-refractivity contribution in [1.82, 2.24) is 0 Å². The Kier molecular flexibility index (Phi) is 3.29. The van der Waals surface area contributed by atoms with Crippen LogP contribution in [-0.4, -0.2) is 30.2 Å². The third-order valence-electron chi connectivity index (χ3n) is 5.32. The second kappa shape index (κ2) is 5.54. The van der Waals surface area contributed by atoms with Gasteiger partial charge < -0.3 is 29.2 Å². The van der Waals surface area contributed by atoms with E-state index in [-0.39, 0.29) is 42.3 Å². The fraction of sp³-hybridized carbons (Fsp3) is 0.368. The number of rotatable bonds is 2. The summed E-state index contributed by atoms with van der Waals surface area (Å²) in [6.07, 6.45) is -0.189. The first kappa shape index (κ1) is 14.9. The van der Waals surface area contributed by atoms with E-state index in [9.17, 15) is 10.2 Å². The highest BCUT2D eigenvalue weighted by molar-refractivity contribution is 5.46. The highest BCUT2D eigenvalue weighted by atomic mass is 16.7. The van der Waals surface area contributed by atoms with Gasteiger partial charge in [0.25, 0.3) is 0 Å². The van der Waals surface area contributed by atoms with Crippen LogP contribution in [0, 0.1) is 11.8 Å². The van der Waals surface area contributed by atoms with Crippen molar-refractivity contribution in [3.05, 3.63) is 47.5 Å². The summed E-state index contributed by atoms with van der Waals surface area (Å²) in [4.78, 5) is 0. The van der Waals surface area contributed by atoms with E-state index >= 15 is 0 Å². The Labute approximate surface area is 144 Å². The molecule has 2 N–H and O–H groups in total. The number of ether oxygens (including phenoxy) is 4. The number of fused-ring (bicyclic) bond motifs is 2. The van der Waals surface area contributed by atoms with Gasteiger partial charge in [0.1, 0.15) is 0 Å². The molecular weight excluding hydrogens is 324 g/mol. The second-order valence-electron chi connectivity index (χ2n) is 6.70. The lowest BCUT2D eigenvalue weighted by molar-refractivity contribution is 0.0191. The van der Waals surface area contributed by atoms with Crippen LogP contribution in [0.25, 0.3) is 0 Å². The minimum Gasteiger partial charge on any atom is -0.504 e. The number of phenols is 2. The van der Waals surface area contributed by atoms with Crippen LogP contribution in [0.1, 0.15) is 23.3 Å². The molecule has 0 bridgehead atoms. The third kappa shape index (κ3) is 2.33. The first-order chi connectivity index (χ1) is 12.2. The average molecular weight is 342 g/mol. The summed E-state index contributed by atoms with van der Waals surface area (Å²) >= 11 is 0. The zero-order chi connectivity index (χ0) is 17.0. The Hall–Kier alpha value is -2.44. The Morgan fingerprint density at radius 1 is 0.720 bits per heavy atom. The van der Waals surface area contributed by atoms with E-state index in [4.69, 9.17) is 18.9 Å². The highest BCUT2D eigenvalue weighted by Crippen LogP contribution is 2.51. The maximum atomic E-state index is 9.76. The molecule has 2 aromatic carbocycles. The van der Waals surface area contributed by atoms with Gasteiger partial charge in [-0.15, -0.1) is 0 Å². The van der Waals surface area contributed by atoms with Crippen LogP contribution in [0.3, 0.4) is 0 Å². The molecule has 2 aromatic rings. The molecule has 3 aliphatic heterocycles. The monoisotopic (exact) mass is 342 g/mol. The topological polar surface area (TPSA) is 77.4 Å². The number of aromatic hydroxyl groups is 2. The Bertz CT molecular complexity index is 820. The van der Waals surface area contributed by atoms with Crippen molar-refractivity contribution in [2.45, 2.75) is 12.2 Å². The summed E-state index contributed by atoms with van der Waals surface area (Å²) in [6.45, 7) is 1.44. The van der Waals surface area contributed by atoms with Gasteiger partial charge in [-0.05, 0) is 35.4 Å². The summed E-state index contributed by atoms with van der Waals surface area (Å²) in [7, 11) is 0. The molecule has 2 unspecified atom stereocenters. The Balaban J connectivity index is 1.40. The minimum atomic E-state index is -0.143. The minimum absolute atomic E-state index is 0.0461. The number of hydrogen-bond acceptors (Lipinski definition) is 6. The van der Waals surface area contributed by atoms with E-state index in [1.165, 1.54) is 6.07 Å². The fourth-order valence-electron chi connectivity index (χ4n) is 4.04. The molecule has 25 heavy (non-hydrogen) atoms. The van der Waals surface area contributed by atoms with E-state index in [1.807, 2.05) is 18.2 Å². The van der Waals surface area contributed by atoms with E-state index in [0.29, 0.717) is 13.2 Å². The molecule has 4 atom stereocenters. The van der Waals surface area contributed by atoms with E-state index in [2.05, 4.69) is 0 Å². The molecule has 0 amide bonds. The molecule has 3 heterocycles. The average Bonchev–Trinajstić information content (AvgIpc) is 3.31. The molecule has 0 aliphatic carbocycles. The van der Waals surface area contributed by atoms with Gasteiger partial charge in [-0.2, -0.15) is 0 Å². The zero-order valence-electron chi connectivity index (χ0n) is 13.4. The maximum Gasteiger partial charge on any atom is 0.231 e. The van der Waals surface area contributed by atoms with Crippen molar-refractivity contribution in [3.63, 3.8) is 0 Å². The summed E-state index contributed by atoms with van der Waals surface area (Å²) < 4.78 is 22.9. The molecular formula is C19H18O6. The molecule has 3 aliphatic rings. The van der Waals surface area contributed by atoms with Gasteiger partial charge in [0.2, 0.25) is 6.79 Å². The lowest BCUT2D eigenvalue weighted by Gasteiger charge is -2.17. The molecule has 6 nitrogen and oxygen atoms in total. The SMILES string of the molecule is Oc1ccc([C@H]2OCC3C2CO[C@@H]3c2ccc3c(c2)OCO3)cc1O. The van der Waals surface area contributed by atoms with Gasteiger partial charge >= 0.3 is 0 Å². The van der Waals surface area contributed by atoms with Gasteiger partial charge in [-0.25, -0.2) is 0 Å². The quantitative estimate of drug-likeness (QED) is 0.817. The van der Waals surface area contributed by atoms with Crippen molar-refractivity contribution in [3.8, 4) is 23.0 Å². The van der Waals surface area contributed by atoms with Gasteiger partial charge in [0.15, 0.2) is 23.0 Å². The summed E-state index contributed by atoms with van der Waals surface area (Å²) in [5.74, 6) is 1.71. The molecule has 6 heteroatoms. The first-order valence-electron chi connectivity index (χ1n) is 8.35. The fourth-order valence-corrected chi connectivity index (χ4v) is 4.04. The van der Waals surface area contributed by atoms with Crippen LogP contribution >= 0.6 is 0 Å². The second-order valence-corrected chi connectivity index (χ2v) is 6.70. The van der Waals surface area contributed by atoms with Crippen LogP contribution in [0.15, 0.2) is 36.4 Å². The molecule has 2 saturated heterocycles. The van der Waals surface area contributed by atoms with E-state index in [0.717, 1.165) is 22.6 Å². The zero-order valence-corrected chi connectivity index (χ0v) is 13.4. The summed E-state index contributed by atoms with van der Waals surface area (Å²) in [6, 6.07) is 10.8. The predicted molar refractivity (Wildman–Crippen MR) is 86.7 cm³/mol. The highest BCUT2D eigenvalue weighted by Gasteiger charge is 2.48. The Morgan fingerprint density at radius 2 is 1.36 bits per heavy atom. The molecule has 0 saturated carbocycles. The third-order valence-corrected chi connectivity index (χ3v) is 5.32. The van der Waals surface area contributed by atoms with Crippen molar-refractivity contribution >= 4 is 0 Å². The van der Waals surface area contributed by atoms with Crippen LogP contribution < -0.4 is 9.47 Å². The molecule has 130 valence electrons. The lowest BCUT2D eigenvalue weighted by Crippen LogP contribution is -2.14. The van der Waals surface area contributed by atoms with Gasteiger partial charge in [0, 0.05) is 11.8 Å². The van der Waals surface area contributed by atoms with Crippen LogP contribution in [-0.2, 0) is 9.47 Å². The van der Waals surface area contributed by atoms with Gasteiger partial charge in [0.05, 0.1) is 25.4 Å². The molecule has 0 spiro atoms. The smallest absolute Gasteiger partial charge is 0.231 e. The maximum absolute atomic E-state index is 9.76. The van der Waals surface area contributed by atoms with Gasteiger partial charge in [-0.3, -0.25) is 0 Å². The van der Waals surface area contributed by atoms with Crippen LogP contribution in [0.2, 0.25) is 0 Å².